The highest BCUT2D eigenvalue weighted by Crippen LogP contribution is 2.52. The van der Waals surface area contributed by atoms with Crippen LogP contribution in [0.4, 0.5) is 0 Å². The minimum absolute atomic E-state index is 0.256. The fraction of sp³-hybridized carbons (Fsp3) is 0.562. The van der Waals surface area contributed by atoms with E-state index in [1.54, 1.807) is 0 Å². The van der Waals surface area contributed by atoms with Crippen LogP contribution in [0, 0.1) is 11.3 Å². The Morgan fingerprint density at radius 3 is 2.33 bits per heavy atom. The van der Waals surface area contributed by atoms with E-state index >= 15 is 0 Å². The summed E-state index contributed by atoms with van der Waals surface area (Å²) >= 11 is 0. The summed E-state index contributed by atoms with van der Waals surface area (Å²) in [6.45, 7) is 9.53. The van der Waals surface area contributed by atoms with Crippen molar-refractivity contribution in [2.45, 2.75) is 45.5 Å². The van der Waals surface area contributed by atoms with Crippen molar-refractivity contribution in [1.82, 2.24) is 0 Å². The van der Waals surface area contributed by atoms with Gasteiger partial charge in [-0.15, -0.1) is 0 Å². The lowest BCUT2D eigenvalue weighted by Gasteiger charge is -2.49. The van der Waals surface area contributed by atoms with Crippen LogP contribution < -0.4 is 0 Å². The first-order valence-electron chi connectivity index (χ1n) is 6.91. The van der Waals surface area contributed by atoms with Crippen molar-refractivity contribution in [2.24, 2.45) is 11.3 Å². The summed E-state index contributed by atoms with van der Waals surface area (Å²) in [6, 6.07) is 11.1. The Kier molecular flexibility index (Phi) is 3.50. The van der Waals surface area contributed by atoms with E-state index in [9.17, 15) is 4.79 Å². The third-order valence-corrected chi connectivity index (χ3v) is 6.02. The van der Waals surface area contributed by atoms with Gasteiger partial charge in [0.25, 0.3) is 0 Å². The molecule has 1 fully saturated rings. The molecule has 2 unspecified atom stereocenters. The molecule has 1 aromatic rings. The summed E-state index contributed by atoms with van der Waals surface area (Å²) in [4.78, 5) is 12.5. The Hall–Kier alpha value is -0.893. The van der Waals surface area contributed by atoms with E-state index in [0.29, 0.717) is 5.78 Å². The van der Waals surface area contributed by atoms with Crippen LogP contribution in [0.3, 0.4) is 0 Å². The van der Waals surface area contributed by atoms with E-state index in [0.717, 1.165) is 12.0 Å². The summed E-state index contributed by atoms with van der Waals surface area (Å²) < 4.78 is 0. The van der Waals surface area contributed by atoms with Crippen LogP contribution in [-0.4, -0.2) is 13.9 Å². The molecule has 0 heterocycles. The fourth-order valence-corrected chi connectivity index (χ4v) is 6.30. The largest absolute Gasteiger partial charge is 0.294 e. The standard InChI is InChI=1S/C16H24OSi/c1-16(12-18(2,3)4)11-10-14(16)15(17)13-8-6-5-7-9-13/h5-9,14H,10-12H2,1-4H3. The maximum Gasteiger partial charge on any atom is 0.166 e. The Balaban J connectivity index is 2.13. The molecule has 2 atom stereocenters. The molecule has 1 aliphatic rings. The topological polar surface area (TPSA) is 17.1 Å². The van der Waals surface area contributed by atoms with Gasteiger partial charge in [0.1, 0.15) is 0 Å². The zero-order valence-electron chi connectivity index (χ0n) is 12.0. The molecule has 2 rings (SSSR count). The number of hydrogen-bond donors (Lipinski definition) is 0. The highest BCUT2D eigenvalue weighted by Gasteiger charge is 2.48. The average molecular weight is 260 g/mol. The quantitative estimate of drug-likeness (QED) is 0.570. The average Bonchev–Trinajstić information content (AvgIpc) is 2.26. The van der Waals surface area contributed by atoms with Crippen molar-refractivity contribution in [3.8, 4) is 0 Å². The molecule has 0 N–H and O–H groups in total. The Morgan fingerprint density at radius 2 is 1.89 bits per heavy atom. The summed E-state index contributed by atoms with van der Waals surface area (Å²) in [5.74, 6) is 0.620. The van der Waals surface area contributed by atoms with Crippen LogP contribution in [0.5, 0.6) is 0 Å². The zero-order valence-corrected chi connectivity index (χ0v) is 13.0. The van der Waals surface area contributed by atoms with Crippen LogP contribution in [-0.2, 0) is 0 Å². The predicted octanol–water partition coefficient (Wildman–Crippen LogP) is 4.62. The predicted molar refractivity (Wildman–Crippen MR) is 79.8 cm³/mol. The lowest BCUT2D eigenvalue weighted by Crippen LogP contribution is -2.46. The van der Waals surface area contributed by atoms with Crippen molar-refractivity contribution < 1.29 is 4.79 Å². The van der Waals surface area contributed by atoms with Gasteiger partial charge in [-0.1, -0.05) is 62.9 Å². The van der Waals surface area contributed by atoms with Gasteiger partial charge in [0.05, 0.1) is 0 Å². The van der Waals surface area contributed by atoms with Crippen molar-refractivity contribution in [3.05, 3.63) is 35.9 Å². The van der Waals surface area contributed by atoms with Gasteiger partial charge in [0.15, 0.2) is 5.78 Å². The molecule has 98 valence electrons. The number of Topliss-reactive ketones (excluding diaryl/α,β-unsaturated/α-hetero) is 1. The molecule has 1 aliphatic carbocycles. The molecule has 0 aliphatic heterocycles. The SMILES string of the molecule is CC1(C[Si](C)(C)C)CCC1C(=O)c1ccccc1. The van der Waals surface area contributed by atoms with Gasteiger partial charge in [-0.05, 0) is 18.3 Å². The van der Waals surface area contributed by atoms with Gasteiger partial charge in [0.2, 0.25) is 0 Å². The molecule has 1 aromatic carbocycles. The van der Waals surface area contributed by atoms with E-state index in [4.69, 9.17) is 0 Å². The third-order valence-electron chi connectivity index (χ3n) is 4.15. The monoisotopic (exact) mass is 260 g/mol. The lowest BCUT2D eigenvalue weighted by molar-refractivity contribution is 0.0480. The number of rotatable bonds is 4. The number of benzene rings is 1. The van der Waals surface area contributed by atoms with Crippen LogP contribution in [0.15, 0.2) is 30.3 Å². The summed E-state index contributed by atoms with van der Waals surface area (Å²) in [5.41, 5.74) is 1.15. The van der Waals surface area contributed by atoms with E-state index in [1.807, 2.05) is 30.3 Å². The Bertz CT molecular complexity index is 432. The Labute approximate surface area is 112 Å². The first-order chi connectivity index (χ1) is 8.32. The van der Waals surface area contributed by atoms with Gasteiger partial charge >= 0.3 is 0 Å². The molecular weight excluding hydrogens is 236 g/mol. The van der Waals surface area contributed by atoms with E-state index in [2.05, 4.69) is 26.6 Å². The molecule has 0 aromatic heterocycles. The van der Waals surface area contributed by atoms with Crippen LogP contribution in [0.2, 0.25) is 25.7 Å². The van der Waals surface area contributed by atoms with Crippen LogP contribution in [0.1, 0.15) is 30.1 Å². The van der Waals surface area contributed by atoms with E-state index in [-0.39, 0.29) is 11.3 Å². The smallest absolute Gasteiger partial charge is 0.166 e. The summed E-state index contributed by atoms with van der Waals surface area (Å²) in [7, 11) is -1.10. The Morgan fingerprint density at radius 1 is 1.28 bits per heavy atom. The van der Waals surface area contributed by atoms with Gasteiger partial charge in [-0.2, -0.15) is 0 Å². The van der Waals surface area contributed by atoms with Gasteiger partial charge in [-0.25, -0.2) is 0 Å². The normalized spacial score (nSPS) is 27.7. The maximum atomic E-state index is 12.5. The van der Waals surface area contributed by atoms with Crippen molar-refractivity contribution in [1.29, 1.82) is 0 Å². The number of carbonyl (C=O) groups is 1. The number of hydrogen-bond acceptors (Lipinski definition) is 1. The van der Waals surface area contributed by atoms with Gasteiger partial charge < -0.3 is 0 Å². The second kappa shape index (κ2) is 4.65. The molecule has 2 heteroatoms. The van der Waals surface area contributed by atoms with Crippen LogP contribution >= 0.6 is 0 Å². The first-order valence-corrected chi connectivity index (χ1v) is 10.6. The second-order valence-electron chi connectivity index (χ2n) is 7.21. The van der Waals surface area contributed by atoms with Crippen molar-refractivity contribution >= 4 is 13.9 Å². The molecule has 1 saturated carbocycles. The minimum atomic E-state index is -1.10. The number of carbonyl (C=O) groups excluding carboxylic acids is 1. The lowest BCUT2D eigenvalue weighted by atomic mass is 9.60. The van der Waals surface area contributed by atoms with Crippen molar-refractivity contribution in [2.75, 3.05) is 0 Å². The van der Waals surface area contributed by atoms with Crippen molar-refractivity contribution in [3.63, 3.8) is 0 Å². The summed E-state index contributed by atoms with van der Waals surface area (Å²) in [5, 5.41) is 0. The number of ketones is 1. The van der Waals surface area contributed by atoms with E-state index in [1.165, 1.54) is 12.5 Å². The third kappa shape index (κ3) is 2.74. The highest BCUT2D eigenvalue weighted by atomic mass is 28.3. The molecule has 18 heavy (non-hydrogen) atoms. The van der Waals surface area contributed by atoms with Crippen LogP contribution in [0.25, 0.3) is 0 Å². The molecule has 1 nitrogen and oxygen atoms in total. The fourth-order valence-electron chi connectivity index (χ4n) is 3.46. The maximum absolute atomic E-state index is 12.5. The molecular formula is C16H24OSi. The summed E-state index contributed by atoms with van der Waals surface area (Å²) in [6.07, 6.45) is 2.30. The molecule has 0 bridgehead atoms. The van der Waals surface area contributed by atoms with Gasteiger partial charge in [0, 0.05) is 19.6 Å². The molecule has 0 saturated heterocycles. The molecule has 0 radical (unpaired) electrons. The highest BCUT2D eigenvalue weighted by molar-refractivity contribution is 6.76. The first kappa shape index (κ1) is 13.5. The molecule has 0 spiro atoms. The van der Waals surface area contributed by atoms with Gasteiger partial charge in [-0.3, -0.25) is 4.79 Å². The van der Waals surface area contributed by atoms with E-state index < -0.39 is 8.07 Å². The zero-order chi connectivity index (χ0) is 13.4. The minimum Gasteiger partial charge on any atom is -0.294 e. The molecule has 0 amide bonds. The second-order valence-corrected chi connectivity index (χ2v) is 12.7.